The molecule has 0 saturated heterocycles. The van der Waals surface area contributed by atoms with Gasteiger partial charge in [-0.25, -0.2) is 8.42 Å². The van der Waals surface area contributed by atoms with E-state index >= 15 is 0 Å². The lowest BCUT2D eigenvalue weighted by Crippen LogP contribution is -2.52. The highest BCUT2D eigenvalue weighted by Crippen LogP contribution is 2.34. The van der Waals surface area contributed by atoms with Crippen LogP contribution in [-0.2, 0) is 19.4 Å². The number of fused-ring (bicyclic) bond motifs is 1. The highest BCUT2D eigenvalue weighted by atomic mass is 32.3. The molecule has 12 heteroatoms. The third kappa shape index (κ3) is 6.37. The fraction of sp³-hybridized carbons (Fsp3) is 0.812. The highest BCUT2D eigenvalue weighted by Gasteiger charge is 2.35. The molecule has 2 rings (SSSR count). The number of rotatable bonds is 10. The fourth-order valence-electron chi connectivity index (χ4n) is 3.61. The Morgan fingerprint density at radius 3 is 2.61 bits per heavy atom. The minimum Gasteiger partial charge on any atom is -0.726 e. The van der Waals surface area contributed by atoms with Crippen molar-refractivity contribution in [2.24, 2.45) is 5.92 Å². The standard InChI is InChI=1S/C16H28N2O9S/c19-12(8-27-28(24,25)26)13(20)14(21)15(22)16(23)17-6-5-9-7-18-11-4-2-1-3-10(9)11/h7,10-15,18-22H,1-6,8H2,(H,17,23)(H,24,25,26)/p-1/t10?,11?,12-,13-,14+,15-/m1/s1. The van der Waals surface area contributed by atoms with E-state index in [-0.39, 0.29) is 6.54 Å². The van der Waals surface area contributed by atoms with Crippen LogP contribution < -0.4 is 10.6 Å². The summed E-state index contributed by atoms with van der Waals surface area (Å²) in [6.07, 6.45) is -1.19. The number of carbonyl (C=O) groups excluding carboxylic acids is 1. The van der Waals surface area contributed by atoms with E-state index in [4.69, 9.17) is 0 Å². The third-order valence-electron chi connectivity index (χ3n) is 5.16. The summed E-state index contributed by atoms with van der Waals surface area (Å²) in [4.78, 5) is 12.0. The molecule has 162 valence electrons. The van der Waals surface area contributed by atoms with Gasteiger partial charge in [0.2, 0.25) is 10.4 Å². The van der Waals surface area contributed by atoms with Gasteiger partial charge in [-0.1, -0.05) is 12.8 Å². The van der Waals surface area contributed by atoms with Crippen molar-refractivity contribution in [3.63, 3.8) is 0 Å². The van der Waals surface area contributed by atoms with Crippen molar-refractivity contribution in [2.75, 3.05) is 13.2 Å². The number of amides is 1. The van der Waals surface area contributed by atoms with E-state index in [1.807, 2.05) is 6.20 Å². The average Bonchev–Trinajstić information content (AvgIpc) is 3.06. The summed E-state index contributed by atoms with van der Waals surface area (Å²) in [5, 5.41) is 44.6. The summed E-state index contributed by atoms with van der Waals surface area (Å²) in [6, 6.07) is 0.434. The van der Waals surface area contributed by atoms with Crippen LogP contribution in [0.3, 0.4) is 0 Å². The minimum absolute atomic E-state index is 0.218. The maximum atomic E-state index is 12.0. The molecule has 2 aliphatic rings. The van der Waals surface area contributed by atoms with Crippen LogP contribution in [-0.4, -0.2) is 82.9 Å². The molecular weight excluding hydrogens is 396 g/mol. The normalized spacial score (nSPS) is 26.4. The molecule has 1 aliphatic heterocycles. The number of aliphatic hydroxyl groups is 4. The maximum Gasteiger partial charge on any atom is 0.251 e. The summed E-state index contributed by atoms with van der Waals surface area (Å²) < 4.78 is 34.8. The second kappa shape index (κ2) is 9.96. The van der Waals surface area contributed by atoms with Crippen molar-refractivity contribution in [3.05, 3.63) is 11.8 Å². The molecule has 0 spiro atoms. The van der Waals surface area contributed by atoms with Crippen molar-refractivity contribution in [2.45, 2.75) is 62.6 Å². The van der Waals surface area contributed by atoms with E-state index in [0.717, 1.165) is 19.3 Å². The Kier molecular flexibility index (Phi) is 8.18. The predicted molar refractivity (Wildman–Crippen MR) is 94.3 cm³/mol. The number of aliphatic hydroxyl groups excluding tert-OH is 4. The highest BCUT2D eigenvalue weighted by molar-refractivity contribution is 7.80. The van der Waals surface area contributed by atoms with Crippen LogP contribution in [0.5, 0.6) is 0 Å². The Labute approximate surface area is 163 Å². The van der Waals surface area contributed by atoms with Crippen LogP contribution in [0.15, 0.2) is 11.8 Å². The molecule has 6 N–H and O–H groups in total. The summed E-state index contributed by atoms with van der Waals surface area (Å²) in [7, 11) is -5.10. The molecule has 0 aromatic heterocycles. The molecule has 1 amide bonds. The van der Waals surface area contributed by atoms with Gasteiger partial charge in [0.25, 0.3) is 5.91 Å². The van der Waals surface area contributed by atoms with Crippen molar-refractivity contribution in [1.82, 2.24) is 10.6 Å². The van der Waals surface area contributed by atoms with Gasteiger partial charge in [-0.15, -0.1) is 0 Å². The summed E-state index contributed by atoms with van der Waals surface area (Å²) in [5.74, 6) is -0.515. The SMILES string of the molecule is O=C(NCCC1=CNC2CCCCC12)[C@H](O)[C@@H](O)[C@H](O)[C@H](O)COS(=O)(=O)[O-]. The minimum atomic E-state index is -5.10. The van der Waals surface area contributed by atoms with Gasteiger partial charge in [0.1, 0.15) is 18.3 Å². The number of nitrogens with one attached hydrogen (secondary N) is 2. The van der Waals surface area contributed by atoms with Crippen molar-refractivity contribution in [3.8, 4) is 0 Å². The maximum absolute atomic E-state index is 12.0. The van der Waals surface area contributed by atoms with Gasteiger partial charge in [0.05, 0.1) is 6.61 Å². The summed E-state index contributed by atoms with van der Waals surface area (Å²) >= 11 is 0. The molecule has 0 bridgehead atoms. The molecule has 1 saturated carbocycles. The van der Waals surface area contributed by atoms with Crippen LogP contribution in [0.4, 0.5) is 0 Å². The van der Waals surface area contributed by atoms with Crippen LogP contribution >= 0.6 is 0 Å². The van der Waals surface area contributed by atoms with Gasteiger partial charge in [-0.3, -0.25) is 8.98 Å². The topological polar surface area (TPSA) is 188 Å². The van der Waals surface area contributed by atoms with E-state index in [2.05, 4.69) is 14.8 Å². The number of hydrogen-bond acceptors (Lipinski definition) is 10. The Balaban J connectivity index is 1.75. The zero-order chi connectivity index (χ0) is 20.9. The van der Waals surface area contributed by atoms with E-state index in [9.17, 15) is 38.2 Å². The number of carbonyl (C=O) groups is 1. The van der Waals surface area contributed by atoms with Crippen LogP contribution in [0.25, 0.3) is 0 Å². The van der Waals surface area contributed by atoms with Crippen LogP contribution in [0.1, 0.15) is 32.1 Å². The molecule has 1 aliphatic carbocycles. The Bertz CT molecular complexity index is 669. The Morgan fingerprint density at radius 2 is 1.93 bits per heavy atom. The van der Waals surface area contributed by atoms with E-state index in [0.29, 0.717) is 18.4 Å². The summed E-state index contributed by atoms with van der Waals surface area (Å²) in [5.41, 5.74) is 1.19. The monoisotopic (exact) mass is 423 g/mol. The van der Waals surface area contributed by atoms with E-state index in [1.165, 1.54) is 12.0 Å². The van der Waals surface area contributed by atoms with Crippen molar-refractivity contribution in [1.29, 1.82) is 0 Å². The van der Waals surface area contributed by atoms with Gasteiger partial charge < -0.3 is 35.6 Å². The van der Waals surface area contributed by atoms with Gasteiger partial charge in [0, 0.05) is 18.5 Å². The lowest BCUT2D eigenvalue weighted by Gasteiger charge is -2.28. The fourth-order valence-corrected chi connectivity index (χ4v) is 3.91. The van der Waals surface area contributed by atoms with E-state index < -0.39 is 47.3 Å². The van der Waals surface area contributed by atoms with Gasteiger partial charge >= 0.3 is 0 Å². The molecule has 1 fully saturated rings. The zero-order valence-electron chi connectivity index (χ0n) is 15.2. The molecule has 0 aromatic carbocycles. The Morgan fingerprint density at radius 1 is 1.25 bits per heavy atom. The predicted octanol–water partition coefficient (Wildman–Crippen LogP) is -2.54. The van der Waals surface area contributed by atoms with Gasteiger partial charge in [0.15, 0.2) is 6.10 Å². The molecule has 6 atom stereocenters. The largest absolute Gasteiger partial charge is 0.726 e. The first kappa shape index (κ1) is 23.0. The zero-order valence-corrected chi connectivity index (χ0v) is 16.0. The van der Waals surface area contributed by atoms with E-state index in [1.54, 1.807) is 0 Å². The molecule has 0 radical (unpaired) electrons. The lowest BCUT2D eigenvalue weighted by atomic mass is 9.81. The first-order chi connectivity index (χ1) is 13.1. The van der Waals surface area contributed by atoms with Crippen LogP contribution in [0.2, 0.25) is 0 Å². The van der Waals surface area contributed by atoms with Gasteiger partial charge in [-0.2, -0.15) is 0 Å². The summed E-state index contributed by atoms with van der Waals surface area (Å²) in [6.45, 7) is -0.905. The Hall–Kier alpha value is -1.28. The molecule has 1 heterocycles. The molecular formula is C16H27N2O9S-. The molecule has 2 unspecified atom stereocenters. The first-order valence-electron chi connectivity index (χ1n) is 9.15. The number of hydrogen-bond donors (Lipinski definition) is 6. The second-order valence-electron chi connectivity index (χ2n) is 7.11. The molecule has 11 nitrogen and oxygen atoms in total. The third-order valence-corrected chi connectivity index (χ3v) is 5.58. The van der Waals surface area contributed by atoms with Crippen LogP contribution in [0, 0.1) is 5.92 Å². The first-order valence-corrected chi connectivity index (χ1v) is 10.5. The smallest absolute Gasteiger partial charge is 0.251 e. The van der Waals surface area contributed by atoms with Crippen molar-refractivity contribution >= 4 is 16.3 Å². The second-order valence-corrected chi connectivity index (χ2v) is 8.16. The molecule has 0 aromatic rings. The van der Waals surface area contributed by atoms with Crippen molar-refractivity contribution < 1.29 is 42.4 Å². The lowest BCUT2D eigenvalue weighted by molar-refractivity contribution is -0.148. The van der Waals surface area contributed by atoms with Gasteiger partial charge in [-0.05, 0) is 31.0 Å². The quantitative estimate of drug-likeness (QED) is 0.161. The molecule has 28 heavy (non-hydrogen) atoms. The average molecular weight is 423 g/mol.